The number of aromatic nitrogens is 1. The van der Waals surface area contributed by atoms with Gasteiger partial charge in [-0.3, -0.25) is 4.98 Å². The third-order valence-corrected chi connectivity index (χ3v) is 2.31. The quantitative estimate of drug-likeness (QED) is 0.896. The Morgan fingerprint density at radius 1 is 1.26 bits per heavy atom. The SMILES string of the molecule is CC(C)(C)NCc1cnccc1OCCC(F)(F)F. The second-order valence-corrected chi connectivity index (χ2v) is 5.30. The van der Waals surface area contributed by atoms with Crippen LogP contribution in [0.15, 0.2) is 18.5 Å². The van der Waals surface area contributed by atoms with Gasteiger partial charge in [-0.25, -0.2) is 0 Å². The lowest BCUT2D eigenvalue weighted by atomic mass is 10.1. The molecule has 0 unspecified atom stereocenters. The van der Waals surface area contributed by atoms with Gasteiger partial charge in [-0.15, -0.1) is 0 Å². The maximum Gasteiger partial charge on any atom is 0.392 e. The largest absolute Gasteiger partial charge is 0.493 e. The van der Waals surface area contributed by atoms with E-state index >= 15 is 0 Å². The minimum absolute atomic E-state index is 0.0842. The molecule has 0 amide bonds. The van der Waals surface area contributed by atoms with Gasteiger partial charge in [-0.05, 0) is 26.8 Å². The Kier molecular flexibility index (Phi) is 5.17. The second kappa shape index (κ2) is 6.23. The Bertz CT molecular complexity index is 400. The van der Waals surface area contributed by atoms with Crippen molar-refractivity contribution in [2.24, 2.45) is 0 Å². The number of alkyl halides is 3. The summed E-state index contributed by atoms with van der Waals surface area (Å²) in [6, 6.07) is 1.58. The molecule has 1 N–H and O–H groups in total. The minimum Gasteiger partial charge on any atom is -0.493 e. The van der Waals surface area contributed by atoms with Gasteiger partial charge in [0.05, 0.1) is 13.0 Å². The van der Waals surface area contributed by atoms with Crippen molar-refractivity contribution in [3.05, 3.63) is 24.0 Å². The molecule has 0 saturated carbocycles. The van der Waals surface area contributed by atoms with Crippen LogP contribution in [0, 0.1) is 0 Å². The highest BCUT2D eigenvalue weighted by molar-refractivity contribution is 5.30. The predicted molar refractivity (Wildman–Crippen MR) is 67.0 cm³/mol. The van der Waals surface area contributed by atoms with Crippen LogP contribution < -0.4 is 10.1 Å². The van der Waals surface area contributed by atoms with Crippen molar-refractivity contribution in [1.82, 2.24) is 10.3 Å². The molecule has 1 aromatic rings. The molecule has 19 heavy (non-hydrogen) atoms. The van der Waals surface area contributed by atoms with Gasteiger partial charge in [-0.2, -0.15) is 13.2 Å². The molecule has 3 nitrogen and oxygen atoms in total. The lowest BCUT2D eigenvalue weighted by molar-refractivity contribution is -0.139. The molecule has 0 fully saturated rings. The fraction of sp³-hybridized carbons (Fsp3) is 0.615. The molecule has 1 aromatic heterocycles. The van der Waals surface area contributed by atoms with Crippen LogP contribution in [0.25, 0.3) is 0 Å². The molecule has 0 aliphatic rings. The molecular weight excluding hydrogens is 257 g/mol. The Morgan fingerprint density at radius 2 is 1.95 bits per heavy atom. The summed E-state index contributed by atoms with van der Waals surface area (Å²) in [7, 11) is 0. The zero-order chi connectivity index (χ0) is 14.5. The smallest absolute Gasteiger partial charge is 0.392 e. The van der Waals surface area contributed by atoms with Gasteiger partial charge in [0.1, 0.15) is 5.75 Å². The van der Waals surface area contributed by atoms with Crippen LogP contribution in [0.2, 0.25) is 0 Å². The summed E-state index contributed by atoms with van der Waals surface area (Å²) >= 11 is 0. The predicted octanol–water partition coefficient (Wildman–Crippen LogP) is 3.30. The standard InChI is InChI=1S/C13H19F3N2O/c1-12(2,3)18-9-10-8-17-6-4-11(10)19-7-5-13(14,15)16/h4,6,8,18H,5,7,9H2,1-3H3. The lowest BCUT2D eigenvalue weighted by Gasteiger charge is -2.21. The van der Waals surface area contributed by atoms with Gasteiger partial charge in [-0.1, -0.05) is 0 Å². The molecule has 0 aromatic carbocycles. The molecule has 0 radical (unpaired) electrons. The fourth-order valence-corrected chi connectivity index (χ4v) is 1.33. The van der Waals surface area contributed by atoms with Gasteiger partial charge < -0.3 is 10.1 Å². The van der Waals surface area contributed by atoms with Gasteiger partial charge in [0.15, 0.2) is 0 Å². The van der Waals surface area contributed by atoms with Crippen LogP contribution in [0.1, 0.15) is 32.8 Å². The van der Waals surface area contributed by atoms with Crippen molar-refractivity contribution in [3.63, 3.8) is 0 Å². The van der Waals surface area contributed by atoms with Crippen LogP contribution in [0.4, 0.5) is 13.2 Å². The van der Waals surface area contributed by atoms with Crippen LogP contribution in [0.3, 0.4) is 0 Å². The highest BCUT2D eigenvalue weighted by Gasteiger charge is 2.27. The van der Waals surface area contributed by atoms with Crippen molar-refractivity contribution in [2.45, 2.75) is 45.5 Å². The minimum atomic E-state index is -4.20. The second-order valence-electron chi connectivity index (χ2n) is 5.30. The number of pyridine rings is 1. The van der Waals surface area contributed by atoms with Crippen LogP contribution in [-0.4, -0.2) is 23.3 Å². The lowest BCUT2D eigenvalue weighted by Crippen LogP contribution is -2.35. The summed E-state index contributed by atoms with van der Waals surface area (Å²) in [6.07, 6.45) is -2.05. The molecule has 0 atom stereocenters. The molecule has 0 spiro atoms. The molecule has 0 bridgehead atoms. The third-order valence-electron chi connectivity index (χ3n) is 2.31. The first kappa shape index (κ1) is 15.8. The van der Waals surface area contributed by atoms with E-state index in [-0.39, 0.29) is 12.1 Å². The first-order valence-corrected chi connectivity index (χ1v) is 6.05. The first-order chi connectivity index (χ1) is 8.67. The Labute approximate surface area is 111 Å². The third kappa shape index (κ3) is 7.00. The molecular formula is C13H19F3N2O. The molecule has 0 saturated heterocycles. The monoisotopic (exact) mass is 276 g/mol. The number of hydrogen-bond donors (Lipinski definition) is 1. The van der Waals surface area contributed by atoms with Crippen LogP contribution in [0.5, 0.6) is 5.75 Å². The maximum atomic E-state index is 12.1. The van der Waals surface area contributed by atoms with E-state index < -0.39 is 12.6 Å². The summed E-state index contributed by atoms with van der Waals surface area (Å²) in [5, 5.41) is 3.24. The summed E-state index contributed by atoms with van der Waals surface area (Å²) < 4.78 is 41.4. The first-order valence-electron chi connectivity index (χ1n) is 6.05. The summed E-state index contributed by atoms with van der Waals surface area (Å²) in [4.78, 5) is 3.96. The number of nitrogens with one attached hydrogen (secondary N) is 1. The summed E-state index contributed by atoms with van der Waals surface area (Å²) in [5.41, 5.74) is 0.665. The average molecular weight is 276 g/mol. The van der Waals surface area contributed by atoms with Gasteiger partial charge in [0.2, 0.25) is 0 Å². The zero-order valence-corrected chi connectivity index (χ0v) is 11.3. The van der Waals surface area contributed by atoms with Gasteiger partial charge >= 0.3 is 6.18 Å². The summed E-state index contributed by atoms with van der Waals surface area (Å²) in [5.74, 6) is 0.441. The average Bonchev–Trinajstić information content (AvgIpc) is 2.25. The van der Waals surface area contributed by atoms with Crippen molar-refractivity contribution in [1.29, 1.82) is 0 Å². The van der Waals surface area contributed by atoms with Gasteiger partial charge in [0.25, 0.3) is 0 Å². The van der Waals surface area contributed by atoms with E-state index in [1.807, 2.05) is 20.8 Å². The molecule has 6 heteroatoms. The van der Waals surface area contributed by atoms with E-state index in [4.69, 9.17) is 4.74 Å². The fourth-order valence-electron chi connectivity index (χ4n) is 1.33. The van der Waals surface area contributed by atoms with E-state index in [9.17, 15) is 13.2 Å². The van der Waals surface area contributed by atoms with E-state index in [1.54, 1.807) is 12.3 Å². The van der Waals surface area contributed by atoms with E-state index in [2.05, 4.69) is 10.3 Å². The van der Waals surface area contributed by atoms with E-state index in [1.165, 1.54) is 6.20 Å². The highest BCUT2D eigenvalue weighted by Crippen LogP contribution is 2.22. The Hall–Kier alpha value is -1.30. The molecule has 1 rings (SSSR count). The molecule has 1 heterocycles. The molecule has 0 aliphatic heterocycles. The van der Waals surface area contributed by atoms with Crippen molar-refractivity contribution >= 4 is 0 Å². The zero-order valence-electron chi connectivity index (χ0n) is 11.3. The number of ether oxygens (including phenoxy) is 1. The number of halogens is 3. The Morgan fingerprint density at radius 3 is 2.53 bits per heavy atom. The van der Waals surface area contributed by atoms with E-state index in [0.717, 1.165) is 5.56 Å². The maximum absolute atomic E-state index is 12.1. The highest BCUT2D eigenvalue weighted by atomic mass is 19.4. The van der Waals surface area contributed by atoms with Crippen molar-refractivity contribution in [2.75, 3.05) is 6.61 Å². The van der Waals surface area contributed by atoms with Gasteiger partial charge in [0, 0.05) is 30.0 Å². The van der Waals surface area contributed by atoms with Crippen LogP contribution in [-0.2, 0) is 6.54 Å². The Balaban J connectivity index is 2.58. The number of hydrogen-bond acceptors (Lipinski definition) is 3. The topological polar surface area (TPSA) is 34.2 Å². The number of nitrogens with zero attached hydrogens (tertiary/aromatic N) is 1. The summed E-state index contributed by atoms with van der Waals surface area (Å²) in [6.45, 7) is 6.14. The number of rotatable bonds is 5. The van der Waals surface area contributed by atoms with E-state index in [0.29, 0.717) is 12.3 Å². The van der Waals surface area contributed by atoms with Crippen LogP contribution >= 0.6 is 0 Å². The van der Waals surface area contributed by atoms with Crippen molar-refractivity contribution < 1.29 is 17.9 Å². The normalized spacial score (nSPS) is 12.5. The van der Waals surface area contributed by atoms with Crippen molar-refractivity contribution in [3.8, 4) is 5.75 Å². The molecule has 0 aliphatic carbocycles. The molecule has 108 valence electrons.